The molecule has 0 radical (unpaired) electrons. The molecule has 3 aliphatic heterocycles. The molecule has 7 rings (SSSR count). The summed E-state index contributed by atoms with van der Waals surface area (Å²) in [5, 5.41) is 0. The van der Waals surface area contributed by atoms with Gasteiger partial charge in [-0.3, -0.25) is 4.79 Å². The Labute approximate surface area is 209 Å². The molecule has 3 aromatic rings. The first-order chi connectivity index (χ1) is 17.7. The predicted molar refractivity (Wildman–Crippen MR) is 133 cm³/mol. The fourth-order valence-electron chi connectivity index (χ4n) is 6.64. The summed E-state index contributed by atoms with van der Waals surface area (Å²) in [6, 6.07) is 22.2. The summed E-state index contributed by atoms with van der Waals surface area (Å²) in [5.74, 6) is 1.37. The minimum absolute atomic E-state index is 0.0439. The number of ketones is 1. The van der Waals surface area contributed by atoms with Gasteiger partial charge in [0, 0.05) is 29.5 Å². The van der Waals surface area contributed by atoms with Gasteiger partial charge in [-0.1, -0.05) is 48.5 Å². The maximum absolute atomic E-state index is 13.3. The number of rotatable bonds is 4. The number of amides is 1. The van der Waals surface area contributed by atoms with Gasteiger partial charge in [-0.2, -0.15) is 0 Å². The largest absolute Gasteiger partial charge is 0.454 e. The Bertz CT molecular complexity index is 1310. The highest BCUT2D eigenvalue weighted by atomic mass is 16.7. The van der Waals surface area contributed by atoms with Crippen LogP contribution in [0.2, 0.25) is 0 Å². The number of carbonyl (C=O) groups is 2. The third-order valence-electron chi connectivity index (χ3n) is 8.31. The van der Waals surface area contributed by atoms with Crippen molar-refractivity contribution in [2.75, 3.05) is 13.4 Å². The van der Waals surface area contributed by atoms with Gasteiger partial charge >= 0.3 is 6.09 Å². The molecular weight excluding hydrogens is 454 g/mol. The first kappa shape index (κ1) is 21.5. The van der Waals surface area contributed by atoms with Crippen molar-refractivity contribution in [3.63, 3.8) is 0 Å². The molecule has 2 fully saturated rings. The molecule has 1 aliphatic carbocycles. The van der Waals surface area contributed by atoms with Crippen molar-refractivity contribution < 1.29 is 23.8 Å². The van der Waals surface area contributed by atoms with Crippen LogP contribution in [-0.4, -0.2) is 42.3 Å². The number of piperidine rings is 1. The molecule has 6 nitrogen and oxygen atoms in total. The molecule has 0 aromatic heterocycles. The highest BCUT2D eigenvalue weighted by Crippen LogP contribution is 2.45. The summed E-state index contributed by atoms with van der Waals surface area (Å²) in [6.07, 6.45) is 2.93. The monoisotopic (exact) mass is 481 g/mol. The van der Waals surface area contributed by atoms with Crippen LogP contribution < -0.4 is 9.47 Å². The number of ether oxygens (including phenoxy) is 3. The number of hydrogen-bond acceptors (Lipinski definition) is 5. The van der Waals surface area contributed by atoms with Gasteiger partial charge in [0.05, 0.1) is 0 Å². The lowest BCUT2D eigenvalue weighted by atomic mass is 9.85. The standard InChI is InChI=1S/C30H27NO5/c32-29(18-9-12-27-28(15-18)36-17-35-27)19-13-20-10-11-21(14-19)31(20)30(33)34-16-26-24-7-3-1-5-22(24)23-6-2-4-8-25(23)26/h1-9,12,15,19-21,26H,10-11,13-14,16-17H2. The fraction of sp³-hybridized carbons (Fsp3) is 0.333. The second-order valence-electron chi connectivity index (χ2n) is 10.2. The highest BCUT2D eigenvalue weighted by molar-refractivity contribution is 5.98. The van der Waals surface area contributed by atoms with Crippen LogP contribution in [0.15, 0.2) is 66.7 Å². The average Bonchev–Trinajstić information content (AvgIpc) is 3.59. The first-order valence-corrected chi connectivity index (χ1v) is 12.7. The van der Waals surface area contributed by atoms with Gasteiger partial charge in [0.25, 0.3) is 0 Å². The van der Waals surface area contributed by atoms with Crippen molar-refractivity contribution >= 4 is 11.9 Å². The van der Waals surface area contributed by atoms with Crippen molar-refractivity contribution in [3.8, 4) is 22.6 Å². The molecular formula is C30H27NO5. The van der Waals surface area contributed by atoms with Crippen molar-refractivity contribution in [2.45, 2.75) is 43.7 Å². The van der Waals surface area contributed by atoms with Crippen LogP contribution in [0.3, 0.4) is 0 Å². The van der Waals surface area contributed by atoms with Gasteiger partial charge < -0.3 is 19.1 Å². The van der Waals surface area contributed by atoms with E-state index >= 15 is 0 Å². The van der Waals surface area contributed by atoms with Gasteiger partial charge in [-0.15, -0.1) is 0 Å². The second-order valence-corrected chi connectivity index (χ2v) is 10.2. The summed E-state index contributed by atoms with van der Waals surface area (Å²) in [6.45, 7) is 0.512. The Hall–Kier alpha value is -3.80. The van der Waals surface area contributed by atoms with Crippen LogP contribution in [0.1, 0.15) is 53.1 Å². The number of fused-ring (bicyclic) bond motifs is 6. The maximum atomic E-state index is 13.3. The fourth-order valence-corrected chi connectivity index (χ4v) is 6.64. The zero-order valence-corrected chi connectivity index (χ0v) is 19.9. The molecule has 2 saturated heterocycles. The average molecular weight is 482 g/mol. The topological polar surface area (TPSA) is 65.1 Å². The molecule has 0 spiro atoms. The highest BCUT2D eigenvalue weighted by Gasteiger charge is 2.46. The minimum atomic E-state index is -0.252. The summed E-state index contributed by atoms with van der Waals surface area (Å²) in [4.78, 5) is 28.5. The summed E-state index contributed by atoms with van der Waals surface area (Å²) >= 11 is 0. The molecule has 4 aliphatic rings. The van der Waals surface area contributed by atoms with E-state index in [0.29, 0.717) is 36.5 Å². The van der Waals surface area contributed by atoms with Gasteiger partial charge in [0.15, 0.2) is 17.3 Å². The van der Waals surface area contributed by atoms with Gasteiger partial charge in [0.2, 0.25) is 6.79 Å². The molecule has 2 unspecified atom stereocenters. The normalized spacial score (nSPS) is 23.3. The quantitative estimate of drug-likeness (QED) is 0.442. The van der Waals surface area contributed by atoms with Crippen LogP contribution in [0.25, 0.3) is 11.1 Å². The van der Waals surface area contributed by atoms with Crippen LogP contribution in [0.5, 0.6) is 11.5 Å². The Balaban J connectivity index is 1.04. The van der Waals surface area contributed by atoms with E-state index in [0.717, 1.165) is 12.8 Å². The second kappa shape index (κ2) is 8.40. The number of hydrogen-bond donors (Lipinski definition) is 0. The number of carbonyl (C=O) groups excluding carboxylic acids is 2. The molecule has 182 valence electrons. The molecule has 0 saturated carbocycles. The van der Waals surface area contributed by atoms with E-state index in [2.05, 4.69) is 36.4 Å². The molecule has 3 aromatic carbocycles. The lowest BCUT2D eigenvalue weighted by molar-refractivity contribution is 0.0506. The van der Waals surface area contributed by atoms with E-state index in [-0.39, 0.29) is 42.6 Å². The Morgan fingerprint density at radius 2 is 1.47 bits per heavy atom. The lowest BCUT2D eigenvalue weighted by Gasteiger charge is -2.37. The van der Waals surface area contributed by atoms with E-state index in [1.165, 1.54) is 22.3 Å². The smallest absolute Gasteiger partial charge is 0.410 e. The minimum Gasteiger partial charge on any atom is -0.454 e. The van der Waals surface area contributed by atoms with Crippen LogP contribution in [0.4, 0.5) is 4.79 Å². The molecule has 2 atom stereocenters. The summed E-state index contributed by atoms with van der Waals surface area (Å²) in [5.41, 5.74) is 5.51. The van der Waals surface area contributed by atoms with Crippen molar-refractivity contribution in [2.24, 2.45) is 5.92 Å². The third kappa shape index (κ3) is 3.39. The number of nitrogens with zero attached hydrogens (tertiary/aromatic N) is 1. The maximum Gasteiger partial charge on any atom is 0.410 e. The Morgan fingerprint density at radius 1 is 0.833 bits per heavy atom. The first-order valence-electron chi connectivity index (χ1n) is 12.7. The van der Waals surface area contributed by atoms with Crippen molar-refractivity contribution in [1.82, 2.24) is 4.90 Å². The van der Waals surface area contributed by atoms with E-state index in [9.17, 15) is 9.59 Å². The van der Waals surface area contributed by atoms with Crippen molar-refractivity contribution in [3.05, 3.63) is 83.4 Å². The number of Topliss-reactive ketones (excluding diaryl/α,β-unsaturated/α-hetero) is 1. The third-order valence-corrected chi connectivity index (χ3v) is 8.31. The molecule has 3 heterocycles. The van der Waals surface area contributed by atoms with E-state index in [1.54, 1.807) is 12.1 Å². The summed E-state index contributed by atoms with van der Waals surface area (Å²) < 4.78 is 16.8. The van der Waals surface area contributed by atoms with Gasteiger partial charge in [-0.05, 0) is 66.1 Å². The van der Waals surface area contributed by atoms with E-state index < -0.39 is 0 Å². The summed E-state index contributed by atoms with van der Waals surface area (Å²) in [7, 11) is 0. The van der Waals surface area contributed by atoms with E-state index in [1.807, 2.05) is 23.1 Å². The SMILES string of the molecule is O=C(c1ccc2c(c1)OCO2)C1CC2CCC(C1)N2C(=O)OCC1c2ccccc2-c2ccccc21. The van der Waals surface area contributed by atoms with E-state index in [4.69, 9.17) is 14.2 Å². The lowest BCUT2D eigenvalue weighted by Crippen LogP contribution is -2.48. The van der Waals surface area contributed by atoms with Crippen LogP contribution in [-0.2, 0) is 4.74 Å². The molecule has 0 N–H and O–H groups in total. The molecule has 1 amide bonds. The Morgan fingerprint density at radius 3 is 2.17 bits per heavy atom. The zero-order valence-electron chi connectivity index (χ0n) is 19.9. The molecule has 36 heavy (non-hydrogen) atoms. The van der Waals surface area contributed by atoms with Crippen LogP contribution >= 0.6 is 0 Å². The number of benzene rings is 3. The van der Waals surface area contributed by atoms with Crippen LogP contribution in [0, 0.1) is 5.92 Å². The Kier molecular flexibility index (Phi) is 5.01. The van der Waals surface area contributed by atoms with Gasteiger partial charge in [0.1, 0.15) is 6.61 Å². The van der Waals surface area contributed by atoms with Crippen molar-refractivity contribution in [1.29, 1.82) is 0 Å². The molecule has 6 heteroatoms. The van der Waals surface area contributed by atoms with Gasteiger partial charge in [-0.25, -0.2) is 4.79 Å². The predicted octanol–water partition coefficient (Wildman–Crippen LogP) is 5.79. The zero-order chi connectivity index (χ0) is 24.2. The molecule has 2 bridgehead atoms.